The minimum Gasteiger partial charge on any atom is -0.493 e. The number of carbonyl (C=O) groups excluding carboxylic acids is 2. The zero-order valence-electron chi connectivity index (χ0n) is 11.4. The summed E-state index contributed by atoms with van der Waals surface area (Å²) in [7, 11) is 4.29. The summed E-state index contributed by atoms with van der Waals surface area (Å²) in [4.78, 5) is 22.5. The summed E-state index contributed by atoms with van der Waals surface area (Å²) in [6, 6.07) is 4.81. The average molecular weight is 346 g/mol. The Morgan fingerprint density at radius 2 is 1.85 bits per heavy atom. The van der Waals surface area contributed by atoms with Crippen molar-refractivity contribution in [1.29, 1.82) is 0 Å². The Morgan fingerprint density at radius 1 is 1.20 bits per heavy atom. The lowest BCUT2D eigenvalue weighted by atomic mass is 10.2. The third-order valence-corrected chi connectivity index (χ3v) is 3.24. The maximum Gasteiger partial charge on any atom is 0.321 e. The molecule has 1 unspecified atom stereocenters. The third-order valence-electron chi connectivity index (χ3n) is 2.54. The molecule has 1 atom stereocenters. The van der Waals surface area contributed by atoms with Gasteiger partial charge >= 0.3 is 5.97 Å². The lowest BCUT2D eigenvalue weighted by molar-refractivity contribution is -0.139. The number of carbonyl (C=O) groups is 2. The van der Waals surface area contributed by atoms with Gasteiger partial charge in [-0.1, -0.05) is 15.9 Å². The summed E-state index contributed by atoms with van der Waals surface area (Å²) in [6.07, 6.45) is 0. The van der Waals surface area contributed by atoms with Gasteiger partial charge in [-0.3, -0.25) is 9.59 Å². The van der Waals surface area contributed by atoms with Crippen LogP contribution in [0.1, 0.15) is 10.4 Å². The number of amides is 1. The van der Waals surface area contributed by atoms with Crippen LogP contribution in [0.15, 0.2) is 18.2 Å². The molecule has 1 aromatic carbocycles. The number of hydrogen-bond acceptors (Lipinski definition) is 5. The Morgan fingerprint density at radius 3 is 2.40 bits per heavy atom. The van der Waals surface area contributed by atoms with E-state index in [2.05, 4.69) is 26.0 Å². The van der Waals surface area contributed by atoms with Crippen LogP contribution in [0.4, 0.5) is 0 Å². The first-order chi connectivity index (χ1) is 9.53. The molecule has 0 saturated carbocycles. The molecule has 0 heterocycles. The van der Waals surface area contributed by atoms with Crippen LogP contribution in [0.2, 0.25) is 0 Å². The topological polar surface area (TPSA) is 73.9 Å². The van der Waals surface area contributed by atoms with E-state index in [1.165, 1.54) is 21.3 Å². The van der Waals surface area contributed by atoms with Gasteiger partial charge in [0, 0.05) is 12.1 Å². The van der Waals surface area contributed by atoms with Gasteiger partial charge in [0.05, 0.1) is 21.3 Å². The minimum absolute atomic E-state index is 0.125. The number of nitrogens with one attached hydrogen (secondary N) is 1. The molecule has 0 bridgehead atoms. The molecule has 1 rings (SSSR count). The van der Waals surface area contributed by atoms with E-state index in [4.69, 9.17) is 9.47 Å². The smallest absolute Gasteiger partial charge is 0.321 e. The molecule has 110 valence electrons. The van der Waals surface area contributed by atoms with Gasteiger partial charge in [-0.05, 0) is 18.2 Å². The number of hydrogen-bond donors (Lipinski definition) is 1. The summed E-state index contributed by atoms with van der Waals surface area (Å²) < 4.78 is 14.8. The molecular formula is C13H16BrNO5. The Balaban J connectivity index is 2.71. The predicted molar refractivity (Wildman–Crippen MR) is 76.6 cm³/mol. The lowest BCUT2D eigenvalue weighted by Crippen LogP contribution is -2.33. The maximum absolute atomic E-state index is 11.9. The van der Waals surface area contributed by atoms with E-state index in [1.54, 1.807) is 18.2 Å². The molecule has 0 aliphatic heterocycles. The summed E-state index contributed by atoms with van der Waals surface area (Å²) in [5, 5.41) is 2.62. The number of alkyl halides is 1. The van der Waals surface area contributed by atoms with Crippen LogP contribution >= 0.6 is 15.9 Å². The first-order valence-electron chi connectivity index (χ1n) is 5.75. The van der Waals surface area contributed by atoms with Crippen LogP contribution in [0, 0.1) is 0 Å². The van der Waals surface area contributed by atoms with Gasteiger partial charge in [0.15, 0.2) is 11.5 Å². The van der Waals surface area contributed by atoms with E-state index >= 15 is 0 Å². The number of halogens is 1. The summed E-state index contributed by atoms with van der Waals surface area (Å²) >= 11 is 3.12. The Hall–Kier alpha value is -1.76. The number of rotatable bonds is 6. The van der Waals surface area contributed by atoms with E-state index in [0.717, 1.165) is 0 Å². The highest BCUT2D eigenvalue weighted by molar-refractivity contribution is 9.10. The monoisotopic (exact) mass is 345 g/mol. The summed E-state index contributed by atoms with van der Waals surface area (Å²) in [5.41, 5.74) is 0.409. The maximum atomic E-state index is 11.9. The molecular weight excluding hydrogens is 330 g/mol. The first kappa shape index (κ1) is 16.3. The molecule has 0 spiro atoms. The van der Waals surface area contributed by atoms with Crippen molar-refractivity contribution < 1.29 is 23.8 Å². The van der Waals surface area contributed by atoms with Gasteiger partial charge in [0.1, 0.15) is 4.83 Å². The number of esters is 1. The molecule has 0 aliphatic rings. The molecule has 0 aromatic heterocycles. The van der Waals surface area contributed by atoms with Crippen molar-refractivity contribution in [3.63, 3.8) is 0 Å². The predicted octanol–water partition coefficient (Wildman–Crippen LogP) is 1.37. The molecule has 0 fully saturated rings. The zero-order valence-corrected chi connectivity index (χ0v) is 13.0. The highest BCUT2D eigenvalue weighted by atomic mass is 79.9. The fourth-order valence-corrected chi connectivity index (χ4v) is 1.82. The second-order valence-electron chi connectivity index (χ2n) is 3.77. The van der Waals surface area contributed by atoms with E-state index in [0.29, 0.717) is 17.1 Å². The quantitative estimate of drug-likeness (QED) is 0.622. The fraction of sp³-hybridized carbons (Fsp3) is 0.385. The van der Waals surface area contributed by atoms with Crippen LogP contribution < -0.4 is 14.8 Å². The Kier molecular flexibility index (Phi) is 6.30. The molecule has 0 saturated heterocycles. The molecule has 0 radical (unpaired) electrons. The molecule has 1 aromatic rings. The Bertz CT molecular complexity index is 492. The van der Waals surface area contributed by atoms with Crippen molar-refractivity contribution >= 4 is 27.8 Å². The summed E-state index contributed by atoms with van der Waals surface area (Å²) in [5.74, 6) is 0.234. The van der Waals surface area contributed by atoms with Crippen molar-refractivity contribution in [2.45, 2.75) is 4.83 Å². The van der Waals surface area contributed by atoms with Gasteiger partial charge in [0.25, 0.3) is 5.91 Å². The van der Waals surface area contributed by atoms with Crippen molar-refractivity contribution in [3.05, 3.63) is 23.8 Å². The highest BCUT2D eigenvalue weighted by Gasteiger charge is 2.17. The second kappa shape index (κ2) is 7.74. The number of benzene rings is 1. The molecule has 20 heavy (non-hydrogen) atoms. The normalized spacial score (nSPS) is 11.4. The van der Waals surface area contributed by atoms with Crippen LogP contribution in [-0.4, -0.2) is 44.6 Å². The lowest BCUT2D eigenvalue weighted by Gasteiger charge is -2.11. The van der Waals surface area contributed by atoms with Gasteiger partial charge in [-0.15, -0.1) is 0 Å². The van der Waals surface area contributed by atoms with Crippen LogP contribution in [-0.2, 0) is 9.53 Å². The van der Waals surface area contributed by atoms with Crippen molar-refractivity contribution in [1.82, 2.24) is 5.32 Å². The first-order valence-corrected chi connectivity index (χ1v) is 6.67. The minimum atomic E-state index is -0.586. The standard InChI is InChI=1S/C13H16BrNO5/c1-18-10-5-4-8(6-11(10)19-2)12(16)15-7-9(14)13(17)20-3/h4-6,9H,7H2,1-3H3,(H,15,16). The molecule has 1 amide bonds. The number of methoxy groups -OCH3 is 3. The Labute approximate surface area is 125 Å². The van der Waals surface area contributed by atoms with Crippen LogP contribution in [0.25, 0.3) is 0 Å². The molecule has 6 nitrogen and oxygen atoms in total. The van der Waals surface area contributed by atoms with Gasteiger partial charge in [-0.25, -0.2) is 0 Å². The van der Waals surface area contributed by atoms with Crippen molar-refractivity contribution in [3.8, 4) is 11.5 Å². The van der Waals surface area contributed by atoms with Gasteiger partial charge in [0.2, 0.25) is 0 Å². The van der Waals surface area contributed by atoms with Crippen LogP contribution in [0.5, 0.6) is 11.5 Å². The van der Waals surface area contributed by atoms with Crippen LogP contribution in [0.3, 0.4) is 0 Å². The zero-order chi connectivity index (χ0) is 15.1. The van der Waals surface area contributed by atoms with Gasteiger partial charge in [-0.2, -0.15) is 0 Å². The number of ether oxygens (including phenoxy) is 3. The highest BCUT2D eigenvalue weighted by Crippen LogP contribution is 2.27. The SMILES string of the molecule is COC(=O)C(Br)CNC(=O)c1ccc(OC)c(OC)c1. The third kappa shape index (κ3) is 4.12. The summed E-state index contributed by atoms with van der Waals surface area (Å²) in [6.45, 7) is 0.125. The molecule has 0 aliphatic carbocycles. The van der Waals surface area contributed by atoms with E-state index in [9.17, 15) is 9.59 Å². The molecule has 1 N–H and O–H groups in total. The van der Waals surface area contributed by atoms with Crippen molar-refractivity contribution in [2.75, 3.05) is 27.9 Å². The van der Waals surface area contributed by atoms with E-state index < -0.39 is 10.8 Å². The van der Waals surface area contributed by atoms with Crippen molar-refractivity contribution in [2.24, 2.45) is 0 Å². The fourth-order valence-electron chi connectivity index (χ4n) is 1.47. The molecule has 7 heteroatoms. The average Bonchev–Trinajstić information content (AvgIpc) is 2.50. The van der Waals surface area contributed by atoms with Gasteiger partial charge < -0.3 is 19.5 Å². The van der Waals surface area contributed by atoms with E-state index in [1.807, 2.05) is 0 Å². The van der Waals surface area contributed by atoms with E-state index in [-0.39, 0.29) is 12.5 Å². The largest absolute Gasteiger partial charge is 0.493 e. The second-order valence-corrected chi connectivity index (χ2v) is 4.88.